The summed E-state index contributed by atoms with van der Waals surface area (Å²) in [4.78, 5) is 35.0. The zero-order valence-corrected chi connectivity index (χ0v) is 22.3. The summed E-state index contributed by atoms with van der Waals surface area (Å²) < 4.78 is 10.1. The summed E-state index contributed by atoms with van der Waals surface area (Å²) in [6, 6.07) is 0. The van der Waals surface area contributed by atoms with E-state index in [1.165, 1.54) is 6.42 Å². The van der Waals surface area contributed by atoms with Gasteiger partial charge in [0.2, 0.25) is 0 Å². The van der Waals surface area contributed by atoms with Crippen LogP contribution in [0.4, 0.5) is 0 Å². The molecule has 0 aliphatic carbocycles. The number of ketones is 1. The Morgan fingerprint density at radius 1 is 0.657 bits per heavy atom. The van der Waals surface area contributed by atoms with Crippen LogP contribution in [0, 0.1) is 0 Å². The van der Waals surface area contributed by atoms with Crippen molar-refractivity contribution in [1.82, 2.24) is 0 Å². The Kier molecular flexibility index (Phi) is 23.8. The Labute approximate surface area is 213 Å². The maximum atomic E-state index is 11.8. The van der Waals surface area contributed by atoms with Crippen molar-refractivity contribution in [3.63, 3.8) is 0 Å². The highest BCUT2D eigenvalue weighted by molar-refractivity contribution is 5.89. The number of esters is 2. The fourth-order valence-corrected chi connectivity index (χ4v) is 3.48. The molecule has 0 aromatic carbocycles. The molecule has 0 aliphatic heterocycles. The van der Waals surface area contributed by atoms with Crippen LogP contribution in [0.3, 0.4) is 0 Å². The number of unbranched alkanes of at least 4 members (excludes halogenated alkanes) is 11. The van der Waals surface area contributed by atoms with E-state index in [1.54, 1.807) is 6.08 Å². The van der Waals surface area contributed by atoms with Crippen LogP contribution >= 0.6 is 0 Å². The summed E-state index contributed by atoms with van der Waals surface area (Å²) in [6.45, 7) is 3.99. The van der Waals surface area contributed by atoms with Gasteiger partial charge in [0, 0.05) is 19.3 Å². The van der Waals surface area contributed by atoms with E-state index in [4.69, 9.17) is 9.47 Å². The molecule has 0 spiro atoms. The lowest BCUT2D eigenvalue weighted by molar-refractivity contribution is -0.152. The molecule has 0 saturated carbocycles. The predicted molar refractivity (Wildman–Crippen MR) is 141 cm³/mol. The molecule has 0 unspecified atom stereocenters. The molecule has 0 aliphatic rings. The molecule has 0 fully saturated rings. The number of ether oxygens (including phenoxy) is 2. The first-order valence-electron chi connectivity index (χ1n) is 13.8. The molecule has 0 aromatic rings. The number of carbonyl (C=O) groups excluding carboxylic acids is 3. The molecule has 202 valence electrons. The van der Waals surface area contributed by atoms with Gasteiger partial charge in [0.15, 0.2) is 5.78 Å². The van der Waals surface area contributed by atoms with Gasteiger partial charge in [0.25, 0.3) is 0 Å². The lowest BCUT2D eigenvalue weighted by Gasteiger charge is -2.12. The molecule has 1 atom stereocenters. The first-order chi connectivity index (χ1) is 17.0. The standard InChI is InChI=1S/C29H50O6/c1-3-5-7-13-18-22-28(32)34-24-27(31)25-35-29(33)23-19-15-12-10-8-9-11-14-17-21-26(30)20-16-6-4-2/h11,14,17,21,27,31H,3-10,12-13,15-16,18-20,22-25H2,1-2H3/b14-11-,21-17+/t27-/m0/s1. The zero-order chi connectivity index (χ0) is 26.0. The zero-order valence-electron chi connectivity index (χ0n) is 22.3. The molecule has 0 radical (unpaired) electrons. The second-order valence-corrected chi connectivity index (χ2v) is 9.20. The monoisotopic (exact) mass is 494 g/mol. The first-order valence-corrected chi connectivity index (χ1v) is 13.8. The van der Waals surface area contributed by atoms with Crippen LogP contribution in [0.1, 0.15) is 123 Å². The van der Waals surface area contributed by atoms with Gasteiger partial charge in [-0.25, -0.2) is 0 Å². The normalized spacial score (nSPS) is 12.3. The van der Waals surface area contributed by atoms with Crippen LogP contribution in [0.15, 0.2) is 24.3 Å². The van der Waals surface area contributed by atoms with Crippen LogP contribution in [-0.2, 0) is 23.9 Å². The van der Waals surface area contributed by atoms with Crippen molar-refractivity contribution in [2.75, 3.05) is 13.2 Å². The van der Waals surface area contributed by atoms with Crippen molar-refractivity contribution in [1.29, 1.82) is 0 Å². The minimum Gasteiger partial charge on any atom is -0.463 e. The average Bonchev–Trinajstić information content (AvgIpc) is 2.84. The first kappa shape index (κ1) is 33.0. The van der Waals surface area contributed by atoms with Gasteiger partial charge in [-0.1, -0.05) is 89.9 Å². The van der Waals surface area contributed by atoms with Crippen LogP contribution in [0.5, 0.6) is 0 Å². The SMILES string of the molecule is CCCCCCCC(=O)OC[C@H](O)COC(=O)CCCCCCC/C=C\C=C\C(=O)CCCCC. The van der Waals surface area contributed by atoms with Crippen LogP contribution in [-0.4, -0.2) is 42.1 Å². The van der Waals surface area contributed by atoms with Crippen LogP contribution < -0.4 is 0 Å². The van der Waals surface area contributed by atoms with Gasteiger partial charge in [-0.15, -0.1) is 0 Å². The summed E-state index contributed by atoms with van der Waals surface area (Å²) in [5.74, 6) is -0.444. The van der Waals surface area contributed by atoms with E-state index in [2.05, 4.69) is 19.9 Å². The second-order valence-electron chi connectivity index (χ2n) is 9.20. The summed E-state index contributed by atoms with van der Waals surface area (Å²) in [6.07, 6.45) is 22.3. The molecule has 6 nitrogen and oxygen atoms in total. The Balaban J connectivity index is 3.56. The Morgan fingerprint density at radius 3 is 1.74 bits per heavy atom. The Hall–Kier alpha value is -1.95. The number of allylic oxidation sites excluding steroid dienone is 4. The highest BCUT2D eigenvalue weighted by Gasteiger charge is 2.12. The second kappa shape index (κ2) is 25.2. The van der Waals surface area contributed by atoms with Gasteiger partial charge in [-0.2, -0.15) is 0 Å². The van der Waals surface area contributed by atoms with Gasteiger partial charge in [-0.3, -0.25) is 14.4 Å². The number of aliphatic hydroxyl groups is 1. The van der Waals surface area contributed by atoms with Crippen molar-refractivity contribution in [2.24, 2.45) is 0 Å². The third-order valence-electron chi connectivity index (χ3n) is 5.67. The maximum absolute atomic E-state index is 11.8. The topological polar surface area (TPSA) is 89.9 Å². The van der Waals surface area contributed by atoms with Gasteiger partial charge >= 0.3 is 11.9 Å². The van der Waals surface area contributed by atoms with E-state index in [9.17, 15) is 19.5 Å². The van der Waals surface area contributed by atoms with E-state index >= 15 is 0 Å². The lowest BCUT2D eigenvalue weighted by Crippen LogP contribution is -2.25. The molecule has 0 amide bonds. The molecule has 1 N–H and O–H groups in total. The van der Waals surface area contributed by atoms with Crippen molar-refractivity contribution in [2.45, 2.75) is 129 Å². The summed E-state index contributed by atoms with van der Waals surface area (Å²) in [5, 5.41) is 9.82. The van der Waals surface area contributed by atoms with E-state index < -0.39 is 6.10 Å². The number of hydrogen-bond acceptors (Lipinski definition) is 6. The predicted octanol–water partition coefficient (Wildman–Crippen LogP) is 6.79. The van der Waals surface area contributed by atoms with E-state index in [-0.39, 0.29) is 30.9 Å². The largest absolute Gasteiger partial charge is 0.463 e. The van der Waals surface area contributed by atoms with Crippen molar-refractivity contribution < 1.29 is 29.0 Å². The van der Waals surface area contributed by atoms with Gasteiger partial charge in [0.1, 0.15) is 19.3 Å². The summed E-state index contributed by atoms with van der Waals surface area (Å²) in [7, 11) is 0. The Bertz CT molecular complexity index is 596. The van der Waals surface area contributed by atoms with Gasteiger partial charge in [0.05, 0.1) is 0 Å². The third kappa shape index (κ3) is 25.0. The molecule has 0 rings (SSSR count). The molecule has 0 aromatic heterocycles. The Morgan fingerprint density at radius 2 is 1.14 bits per heavy atom. The molecule has 0 heterocycles. The fourth-order valence-electron chi connectivity index (χ4n) is 3.48. The van der Waals surface area contributed by atoms with Crippen molar-refractivity contribution in [3.8, 4) is 0 Å². The maximum Gasteiger partial charge on any atom is 0.305 e. The minimum absolute atomic E-state index is 0.138. The van der Waals surface area contributed by atoms with Gasteiger partial charge in [-0.05, 0) is 38.2 Å². The number of rotatable bonds is 24. The van der Waals surface area contributed by atoms with Crippen molar-refractivity contribution >= 4 is 17.7 Å². The fraction of sp³-hybridized carbons (Fsp3) is 0.759. The number of hydrogen-bond donors (Lipinski definition) is 1. The summed E-state index contributed by atoms with van der Waals surface area (Å²) >= 11 is 0. The molecule has 6 heteroatoms. The highest BCUT2D eigenvalue weighted by atomic mass is 16.6. The van der Waals surface area contributed by atoms with Crippen LogP contribution in [0.25, 0.3) is 0 Å². The van der Waals surface area contributed by atoms with E-state index in [1.807, 2.05) is 12.2 Å². The molecular formula is C29H50O6. The van der Waals surface area contributed by atoms with Crippen molar-refractivity contribution in [3.05, 3.63) is 24.3 Å². The van der Waals surface area contributed by atoms with E-state index in [0.29, 0.717) is 19.3 Å². The quantitative estimate of drug-likeness (QED) is 0.0688. The highest BCUT2D eigenvalue weighted by Crippen LogP contribution is 2.09. The van der Waals surface area contributed by atoms with E-state index in [0.717, 1.165) is 83.5 Å². The minimum atomic E-state index is -0.981. The summed E-state index contributed by atoms with van der Waals surface area (Å²) in [5.41, 5.74) is 0. The molecular weight excluding hydrogens is 444 g/mol. The number of carbonyl (C=O) groups is 3. The molecule has 35 heavy (non-hydrogen) atoms. The number of aliphatic hydroxyl groups excluding tert-OH is 1. The molecule has 0 saturated heterocycles. The third-order valence-corrected chi connectivity index (χ3v) is 5.67. The lowest BCUT2D eigenvalue weighted by atomic mass is 10.1. The van der Waals surface area contributed by atoms with Gasteiger partial charge < -0.3 is 14.6 Å². The average molecular weight is 495 g/mol. The smallest absolute Gasteiger partial charge is 0.305 e. The van der Waals surface area contributed by atoms with Crippen LogP contribution in [0.2, 0.25) is 0 Å². The molecule has 0 bridgehead atoms.